The van der Waals surface area contributed by atoms with Crippen molar-refractivity contribution in [3.05, 3.63) is 65.0 Å². The lowest BCUT2D eigenvalue weighted by atomic mass is 9.96. The lowest BCUT2D eigenvalue weighted by molar-refractivity contribution is -0.153. The number of nitrogens with zero attached hydrogens (tertiary/aromatic N) is 4. The molecule has 12 heteroatoms. The van der Waals surface area contributed by atoms with Crippen LogP contribution in [0.3, 0.4) is 0 Å². The lowest BCUT2D eigenvalue weighted by Crippen LogP contribution is -2.41. The molecule has 0 bridgehead atoms. The summed E-state index contributed by atoms with van der Waals surface area (Å²) in [6, 6.07) is 11.2. The first-order valence-corrected chi connectivity index (χ1v) is 11.0. The second-order valence-corrected chi connectivity index (χ2v) is 8.24. The van der Waals surface area contributed by atoms with E-state index in [0.29, 0.717) is 36.3 Å². The van der Waals surface area contributed by atoms with E-state index in [1.807, 2.05) is 6.07 Å². The molecule has 2 amide bonds. The Labute approximate surface area is 203 Å². The van der Waals surface area contributed by atoms with Crippen LogP contribution in [0.5, 0.6) is 5.75 Å². The van der Waals surface area contributed by atoms with Gasteiger partial charge < -0.3 is 15.4 Å². The molecule has 0 spiro atoms. The molecule has 9 nitrogen and oxygen atoms in total. The van der Waals surface area contributed by atoms with E-state index in [1.54, 1.807) is 30.3 Å². The fourth-order valence-electron chi connectivity index (χ4n) is 3.88. The summed E-state index contributed by atoms with van der Waals surface area (Å²) in [7, 11) is 0. The molecule has 1 aromatic carbocycles. The quantitative estimate of drug-likeness (QED) is 0.515. The SMILES string of the molecule is CC(=O)Nc1c2c(nn1-c1ccc(C#N)cn1)CC(CCc1cccc(OCC(F)(F)F)c1)NC2=O. The number of pyridine rings is 1. The number of nitrogens with one attached hydrogen (secondary N) is 2. The lowest BCUT2D eigenvalue weighted by Gasteiger charge is -2.23. The van der Waals surface area contributed by atoms with Crippen molar-refractivity contribution < 1.29 is 27.5 Å². The number of hydrogen-bond acceptors (Lipinski definition) is 6. The van der Waals surface area contributed by atoms with Crippen molar-refractivity contribution in [1.29, 1.82) is 5.26 Å². The minimum absolute atomic E-state index is 0.119. The largest absolute Gasteiger partial charge is 0.484 e. The number of aryl methyl sites for hydroxylation is 1. The first kappa shape index (κ1) is 24.7. The van der Waals surface area contributed by atoms with Gasteiger partial charge in [-0.25, -0.2) is 4.98 Å². The topological polar surface area (TPSA) is 122 Å². The number of fused-ring (bicyclic) bond motifs is 1. The van der Waals surface area contributed by atoms with Crippen LogP contribution in [0.2, 0.25) is 0 Å². The highest BCUT2D eigenvalue weighted by molar-refractivity contribution is 6.04. The predicted octanol–water partition coefficient (Wildman–Crippen LogP) is 3.33. The summed E-state index contributed by atoms with van der Waals surface area (Å²) in [5.74, 6) is -0.178. The van der Waals surface area contributed by atoms with E-state index in [4.69, 9.17) is 10.00 Å². The zero-order valence-corrected chi connectivity index (χ0v) is 19.1. The molecule has 2 N–H and O–H groups in total. The molecule has 1 unspecified atom stereocenters. The van der Waals surface area contributed by atoms with Gasteiger partial charge in [-0.3, -0.25) is 9.59 Å². The fraction of sp³-hybridized carbons (Fsp3) is 0.292. The molecule has 36 heavy (non-hydrogen) atoms. The number of alkyl halides is 3. The summed E-state index contributed by atoms with van der Waals surface area (Å²) in [6.07, 6.45) is -1.69. The third kappa shape index (κ3) is 5.80. The van der Waals surface area contributed by atoms with Gasteiger partial charge in [-0.15, -0.1) is 0 Å². The molecule has 186 valence electrons. The Morgan fingerprint density at radius 1 is 1.33 bits per heavy atom. The Kier molecular flexibility index (Phi) is 6.91. The van der Waals surface area contributed by atoms with Crippen LogP contribution < -0.4 is 15.4 Å². The van der Waals surface area contributed by atoms with Gasteiger partial charge in [0.2, 0.25) is 5.91 Å². The van der Waals surface area contributed by atoms with Crippen LogP contribution in [-0.4, -0.2) is 45.4 Å². The zero-order chi connectivity index (χ0) is 25.9. The zero-order valence-electron chi connectivity index (χ0n) is 19.1. The molecule has 0 saturated carbocycles. The van der Waals surface area contributed by atoms with Crippen LogP contribution in [0.15, 0.2) is 42.6 Å². The molecule has 1 atom stereocenters. The first-order valence-electron chi connectivity index (χ1n) is 11.0. The van der Waals surface area contributed by atoms with Gasteiger partial charge in [0.1, 0.15) is 17.4 Å². The fourth-order valence-corrected chi connectivity index (χ4v) is 3.88. The van der Waals surface area contributed by atoms with Crippen molar-refractivity contribution in [2.24, 2.45) is 0 Å². The van der Waals surface area contributed by atoms with Gasteiger partial charge in [-0.2, -0.15) is 28.2 Å². The molecule has 2 aromatic heterocycles. The highest BCUT2D eigenvalue weighted by Gasteiger charge is 2.33. The average Bonchev–Trinajstić information content (AvgIpc) is 3.19. The van der Waals surface area contributed by atoms with E-state index in [0.717, 1.165) is 5.56 Å². The van der Waals surface area contributed by atoms with Gasteiger partial charge >= 0.3 is 6.18 Å². The Balaban J connectivity index is 1.51. The number of halogens is 3. The number of amides is 2. The molecule has 3 heterocycles. The van der Waals surface area contributed by atoms with E-state index in [2.05, 4.69) is 20.7 Å². The number of anilines is 1. The van der Waals surface area contributed by atoms with E-state index in [-0.39, 0.29) is 23.2 Å². The number of ether oxygens (including phenoxy) is 1. The van der Waals surface area contributed by atoms with Crippen molar-refractivity contribution in [3.8, 4) is 17.6 Å². The number of carbonyl (C=O) groups excluding carboxylic acids is 2. The minimum atomic E-state index is -4.42. The summed E-state index contributed by atoms with van der Waals surface area (Å²) in [6.45, 7) is -0.0582. The maximum absolute atomic E-state index is 13.0. The maximum Gasteiger partial charge on any atom is 0.422 e. The summed E-state index contributed by atoms with van der Waals surface area (Å²) in [4.78, 5) is 29.0. The number of rotatable bonds is 7. The standard InChI is InChI=1S/C24H21F3N6O3/c1-14(34)30-22-21-19(32-33(22)20-8-6-16(11-28)12-29-20)10-17(31-23(21)35)7-5-15-3-2-4-18(9-15)36-13-24(25,26)27/h2-4,6,8-9,12,17H,5,7,10,13H2,1H3,(H,30,34)(H,31,35). The van der Waals surface area contributed by atoms with Crippen molar-refractivity contribution in [1.82, 2.24) is 20.1 Å². The molecule has 4 rings (SSSR count). The van der Waals surface area contributed by atoms with Crippen molar-refractivity contribution in [3.63, 3.8) is 0 Å². The van der Waals surface area contributed by atoms with E-state index < -0.39 is 24.6 Å². The highest BCUT2D eigenvalue weighted by Crippen LogP contribution is 2.28. The maximum atomic E-state index is 13.0. The van der Waals surface area contributed by atoms with Crippen LogP contribution >= 0.6 is 0 Å². The van der Waals surface area contributed by atoms with E-state index >= 15 is 0 Å². The van der Waals surface area contributed by atoms with Gasteiger partial charge in [0.25, 0.3) is 5.91 Å². The highest BCUT2D eigenvalue weighted by atomic mass is 19.4. The Bertz CT molecular complexity index is 1330. The third-order valence-corrected chi connectivity index (χ3v) is 5.43. The van der Waals surface area contributed by atoms with Crippen molar-refractivity contribution in [2.75, 3.05) is 11.9 Å². The summed E-state index contributed by atoms with van der Waals surface area (Å²) >= 11 is 0. The summed E-state index contributed by atoms with van der Waals surface area (Å²) in [5.41, 5.74) is 1.82. The van der Waals surface area contributed by atoms with Gasteiger partial charge in [-0.1, -0.05) is 12.1 Å². The van der Waals surface area contributed by atoms with Crippen LogP contribution in [0, 0.1) is 11.3 Å². The van der Waals surface area contributed by atoms with Gasteiger partial charge in [0.05, 0.1) is 11.3 Å². The molecule has 0 fully saturated rings. The van der Waals surface area contributed by atoms with Crippen LogP contribution in [-0.2, 0) is 17.6 Å². The van der Waals surface area contributed by atoms with Crippen LogP contribution in [0.25, 0.3) is 5.82 Å². The van der Waals surface area contributed by atoms with Crippen LogP contribution in [0.4, 0.5) is 19.0 Å². The monoisotopic (exact) mass is 498 g/mol. The molecular weight excluding hydrogens is 477 g/mol. The predicted molar refractivity (Wildman–Crippen MR) is 122 cm³/mol. The van der Waals surface area contributed by atoms with Gasteiger partial charge in [-0.05, 0) is 42.7 Å². The summed E-state index contributed by atoms with van der Waals surface area (Å²) < 4.78 is 43.4. The number of carbonyl (C=O) groups is 2. The smallest absolute Gasteiger partial charge is 0.422 e. The minimum Gasteiger partial charge on any atom is -0.484 e. The second kappa shape index (κ2) is 10.1. The third-order valence-electron chi connectivity index (χ3n) is 5.43. The molecule has 0 aliphatic carbocycles. The summed E-state index contributed by atoms with van der Waals surface area (Å²) in [5, 5.41) is 19.1. The number of aromatic nitrogens is 3. The molecule has 3 aromatic rings. The van der Waals surface area contributed by atoms with Crippen molar-refractivity contribution in [2.45, 2.75) is 38.4 Å². The second-order valence-electron chi connectivity index (χ2n) is 8.24. The van der Waals surface area contributed by atoms with Gasteiger partial charge in [0, 0.05) is 25.6 Å². The number of benzene rings is 1. The first-order chi connectivity index (χ1) is 17.1. The Morgan fingerprint density at radius 3 is 2.81 bits per heavy atom. The molecule has 1 aliphatic heterocycles. The van der Waals surface area contributed by atoms with E-state index in [1.165, 1.54) is 23.9 Å². The number of hydrogen-bond donors (Lipinski definition) is 2. The normalized spacial score (nSPS) is 15.0. The average molecular weight is 498 g/mol. The molecular formula is C24H21F3N6O3. The molecule has 1 aliphatic rings. The molecule has 0 saturated heterocycles. The van der Waals surface area contributed by atoms with Crippen molar-refractivity contribution >= 4 is 17.6 Å². The Morgan fingerprint density at radius 2 is 2.14 bits per heavy atom. The number of nitriles is 1. The van der Waals surface area contributed by atoms with E-state index in [9.17, 15) is 22.8 Å². The molecule has 0 radical (unpaired) electrons. The Hall–Kier alpha value is -4.40. The van der Waals surface area contributed by atoms with Crippen LogP contribution in [0.1, 0.15) is 40.5 Å². The van der Waals surface area contributed by atoms with Gasteiger partial charge in [0.15, 0.2) is 18.2 Å².